The van der Waals surface area contributed by atoms with Crippen LogP contribution >= 0.6 is 15.9 Å². The molecule has 0 spiro atoms. The van der Waals surface area contributed by atoms with Gasteiger partial charge in [0.25, 0.3) is 0 Å². The smallest absolute Gasteiger partial charge is 0.137 e. The van der Waals surface area contributed by atoms with E-state index < -0.39 is 0 Å². The van der Waals surface area contributed by atoms with E-state index in [0.717, 1.165) is 12.0 Å². The third-order valence-corrected chi connectivity index (χ3v) is 3.53. The van der Waals surface area contributed by atoms with Gasteiger partial charge in [0, 0.05) is 18.4 Å². The Labute approximate surface area is 114 Å². The lowest BCUT2D eigenvalue weighted by atomic mass is 10.00. The number of hydrogen-bond acceptors (Lipinski definition) is 2. The fourth-order valence-corrected chi connectivity index (χ4v) is 2.12. The number of rotatable bonds is 4. The van der Waals surface area contributed by atoms with Gasteiger partial charge in [0.15, 0.2) is 0 Å². The van der Waals surface area contributed by atoms with Crippen molar-refractivity contribution < 1.29 is 4.39 Å². The summed E-state index contributed by atoms with van der Waals surface area (Å²) in [5.74, 6) is -0.234. The Morgan fingerprint density at radius 2 is 2.00 bits per heavy atom. The largest absolute Gasteiger partial charge is 0.313 e. The summed E-state index contributed by atoms with van der Waals surface area (Å²) in [5.41, 5.74) is 2.11. The molecule has 1 atom stereocenters. The second kappa shape index (κ2) is 6.07. The summed E-state index contributed by atoms with van der Waals surface area (Å²) in [4.78, 5) is 3.99. The predicted octanol–water partition coefficient (Wildman–Crippen LogP) is 3.49. The molecule has 0 saturated heterocycles. The van der Waals surface area contributed by atoms with E-state index in [1.165, 1.54) is 5.56 Å². The molecular formula is C14H14BrFN2. The highest BCUT2D eigenvalue weighted by molar-refractivity contribution is 9.10. The van der Waals surface area contributed by atoms with E-state index in [-0.39, 0.29) is 11.9 Å². The highest BCUT2D eigenvalue weighted by Crippen LogP contribution is 2.23. The van der Waals surface area contributed by atoms with Gasteiger partial charge in [-0.1, -0.05) is 6.07 Å². The first-order chi connectivity index (χ1) is 8.70. The van der Waals surface area contributed by atoms with Crippen molar-refractivity contribution in [1.82, 2.24) is 10.3 Å². The molecule has 2 rings (SSSR count). The van der Waals surface area contributed by atoms with Crippen LogP contribution in [0.25, 0.3) is 0 Å². The van der Waals surface area contributed by atoms with Crippen LogP contribution in [-0.2, 0) is 6.42 Å². The number of nitrogens with zero attached hydrogens (tertiary/aromatic N) is 1. The summed E-state index contributed by atoms with van der Waals surface area (Å²) < 4.78 is 14.0. The van der Waals surface area contributed by atoms with E-state index in [9.17, 15) is 4.39 Å². The van der Waals surface area contributed by atoms with Crippen molar-refractivity contribution in [3.8, 4) is 0 Å². The van der Waals surface area contributed by atoms with Gasteiger partial charge in [0.2, 0.25) is 0 Å². The van der Waals surface area contributed by atoms with Gasteiger partial charge in [0.1, 0.15) is 5.82 Å². The van der Waals surface area contributed by atoms with E-state index in [0.29, 0.717) is 4.47 Å². The number of halogens is 2. The molecule has 4 heteroatoms. The third kappa shape index (κ3) is 3.15. The zero-order chi connectivity index (χ0) is 13.0. The molecule has 0 fully saturated rings. The van der Waals surface area contributed by atoms with Gasteiger partial charge in [-0.05, 0) is 64.8 Å². The van der Waals surface area contributed by atoms with E-state index in [1.54, 1.807) is 24.5 Å². The first-order valence-electron chi connectivity index (χ1n) is 5.72. The van der Waals surface area contributed by atoms with Gasteiger partial charge in [-0.3, -0.25) is 4.98 Å². The van der Waals surface area contributed by atoms with Crippen LogP contribution in [0.15, 0.2) is 47.2 Å². The van der Waals surface area contributed by atoms with Gasteiger partial charge in [-0.2, -0.15) is 0 Å². The normalized spacial score (nSPS) is 12.4. The first kappa shape index (κ1) is 13.2. The molecule has 0 radical (unpaired) electrons. The Morgan fingerprint density at radius 3 is 2.61 bits per heavy atom. The van der Waals surface area contributed by atoms with E-state index >= 15 is 0 Å². The number of aromatic nitrogens is 1. The highest BCUT2D eigenvalue weighted by Gasteiger charge is 2.12. The molecule has 1 aromatic heterocycles. The molecular weight excluding hydrogens is 295 g/mol. The molecule has 0 saturated carbocycles. The van der Waals surface area contributed by atoms with Crippen molar-refractivity contribution >= 4 is 15.9 Å². The van der Waals surface area contributed by atoms with Crippen molar-refractivity contribution in [2.75, 3.05) is 7.05 Å². The second-order valence-electron chi connectivity index (χ2n) is 4.07. The summed E-state index contributed by atoms with van der Waals surface area (Å²) in [5, 5.41) is 3.21. The van der Waals surface area contributed by atoms with Crippen molar-refractivity contribution in [3.63, 3.8) is 0 Å². The maximum atomic E-state index is 13.5. The average Bonchev–Trinajstić information content (AvgIpc) is 2.40. The molecule has 0 amide bonds. The molecule has 1 unspecified atom stereocenters. The van der Waals surface area contributed by atoms with Crippen LogP contribution in [0.1, 0.15) is 17.2 Å². The van der Waals surface area contributed by atoms with E-state index in [1.807, 2.05) is 25.2 Å². The van der Waals surface area contributed by atoms with Crippen molar-refractivity contribution in [2.45, 2.75) is 12.5 Å². The summed E-state index contributed by atoms with van der Waals surface area (Å²) in [6.45, 7) is 0. The van der Waals surface area contributed by atoms with Gasteiger partial charge in [-0.15, -0.1) is 0 Å². The molecule has 1 heterocycles. The topological polar surface area (TPSA) is 24.9 Å². The molecule has 0 aliphatic carbocycles. The lowest BCUT2D eigenvalue weighted by Gasteiger charge is -2.17. The molecule has 18 heavy (non-hydrogen) atoms. The SMILES string of the molecule is CNC(Cc1ccncc1)c1ccc(Br)c(F)c1. The zero-order valence-electron chi connectivity index (χ0n) is 10.0. The van der Waals surface area contributed by atoms with Crippen LogP contribution in [-0.4, -0.2) is 12.0 Å². The standard InChI is InChI=1S/C14H14BrFN2/c1-17-14(8-10-4-6-18-7-5-10)11-2-3-12(15)13(16)9-11/h2-7,9,14,17H,8H2,1H3. The molecule has 1 N–H and O–H groups in total. The van der Waals surface area contributed by atoms with Crippen molar-refractivity contribution in [2.24, 2.45) is 0 Å². The average molecular weight is 309 g/mol. The fraction of sp³-hybridized carbons (Fsp3) is 0.214. The Hall–Kier alpha value is -1.26. The zero-order valence-corrected chi connectivity index (χ0v) is 11.6. The number of pyridine rings is 1. The fourth-order valence-electron chi connectivity index (χ4n) is 1.87. The number of nitrogens with one attached hydrogen (secondary N) is 1. The number of benzene rings is 1. The Balaban J connectivity index is 2.20. The summed E-state index contributed by atoms with van der Waals surface area (Å²) >= 11 is 3.16. The quantitative estimate of drug-likeness (QED) is 0.935. The Kier molecular flexibility index (Phi) is 4.44. The monoisotopic (exact) mass is 308 g/mol. The van der Waals surface area contributed by atoms with E-state index in [2.05, 4.69) is 26.2 Å². The number of hydrogen-bond donors (Lipinski definition) is 1. The van der Waals surface area contributed by atoms with E-state index in [4.69, 9.17) is 0 Å². The van der Waals surface area contributed by atoms with Crippen LogP contribution in [0.4, 0.5) is 4.39 Å². The molecule has 0 aliphatic heterocycles. The first-order valence-corrected chi connectivity index (χ1v) is 6.51. The van der Waals surface area contributed by atoms with Crippen LogP contribution in [0.2, 0.25) is 0 Å². The predicted molar refractivity (Wildman–Crippen MR) is 73.8 cm³/mol. The molecule has 1 aromatic carbocycles. The highest BCUT2D eigenvalue weighted by atomic mass is 79.9. The molecule has 0 aliphatic rings. The molecule has 2 nitrogen and oxygen atoms in total. The van der Waals surface area contributed by atoms with Crippen LogP contribution in [0.5, 0.6) is 0 Å². The maximum absolute atomic E-state index is 13.5. The van der Waals surface area contributed by atoms with Crippen LogP contribution < -0.4 is 5.32 Å². The second-order valence-corrected chi connectivity index (χ2v) is 4.93. The van der Waals surface area contributed by atoms with Gasteiger partial charge in [-0.25, -0.2) is 4.39 Å². The summed E-state index contributed by atoms with van der Waals surface area (Å²) in [7, 11) is 1.88. The lowest BCUT2D eigenvalue weighted by Crippen LogP contribution is -2.19. The van der Waals surface area contributed by atoms with Crippen molar-refractivity contribution in [1.29, 1.82) is 0 Å². The Bertz CT molecular complexity index is 516. The van der Waals surface area contributed by atoms with Crippen LogP contribution in [0.3, 0.4) is 0 Å². The third-order valence-electron chi connectivity index (χ3n) is 2.88. The van der Waals surface area contributed by atoms with Gasteiger partial charge < -0.3 is 5.32 Å². The molecule has 2 aromatic rings. The summed E-state index contributed by atoms with van der Waals surface area (Å²) in [6, 6.07) is 9.26. The minimum absolute atomic E-state index is 0.0926. The minimum Gasteiger partial charge on any atom is -0.313 e. The van der Waals surface area contributed by atoms with Crippen molar-refractivity contribution in [3.05, 3.63) is 64.1 Å². The van der Waals surface area contributed by atoms with Crippen LogP contribution in [0, 0.1) is 5.82 Å². The maximum Gasteiger partial charge on any atom is 0.137 e. The Morgan fingerprint density at radius 1 is 1.28 bits per heavy atom. The number of likely N-dealkylation sites (N-methyl/N-ethyl adjacent to an activating group) is 1. The summed E-state index contributed by atoms with van der Waals surface area (Å²) in [6.07, 6.45) is 4.34. The van der Waals surface area contributed by atoms with Gasteiger partial charge >= 0.3 is 0 Å². The lowest BCUT2D eigenvalue weighted by molar-refractivity contribution is 0.575. The van der Waals surface area contributed by atoms with Gasteiger partial charge in [0.05, 0.1) is 4.47 Å². The molecule has 0 bridgehead atoms. The minimum atomic E-state index is -0.234. The molecule has 94 valence electrons.